The van der Waals surface area contributed by atoms with Gasteiger partial charge in [0, 0.05) is 18.7 Å². The Morgan fingerprint density at radius 2 is 2.31 bits per heavy atom. The number of carbonyl (C=O) groups excluding carboxylic acids is 1. The summed E-state index contributed by atoms with van der Waals surface area (Å²) >= 11 is 0. The first-order valence-electron chi connectivity index (χ1n) is 5.40. The molecule has 0 aliphatic carbocycles. The molecule has 0 saturated carbocycles. The summed E-state index contributed by atoms with van der Waals surface area (Å²) in [5.74, 6) is 0.548. The fourth-order valence-corrected chi connectivity index (χ4v) is 1.28. The molecule has 16 heavy (non-hydrogen) atoms. The molecule has 0 heterocycles. The molecule has 88 valence electrons. The summed E-state index contributed by atoms with van der Waals surface area (Å²) in [5, 5.41) is 11.3. The molecule has 0 saturated heterocycles. The Labute approximate surface area is 95.2 Å². The maximum atomic E-state index is 11.6. The minimum atomic E-state index is -0.144. The van der Waals surface area contributed by atoms with Crippen molar-refractivity contribution < 1.29 is 14.6 Å². The summed E-state index contributed by atoms with van der Waals surface area (Å²) in [5.41, 5.74) is 0.573. The van der Waals surface area contributed by atoms with Crippen molar-refractivity contribution in [3.63, 3.8) is 0 Å². The molecule has 0 radical (unpaired) electrons. The van der Waals surface area contributed by atoms with Gasteiger partial charge in [0.05, 0.1) is 6.61 Å². The molecule has 1 aromatic carbocycles. The van der Waals surface area contributed by atoms with E-state index in [0.717, 1.165) is 0 Å². The standard InChI is InChI=1S/C12H17NO3/c1-2-16-11-6-3-5-10(9-11)12(15)13-7-4-8-14/h3,5-6,9,14H,2,4,7-8H2,1H3,(H,13,15). The summed E-state index contributed by atoms with van der Waals surface area (Å²) < 4.78 is 5.30. The summed E-state index contributed by atoms with van der Waals surface area (Å²) in [6, 6.07) is 7.04. The van der Waals surface area contributed by atoms with E-state index in [9.17, 15) is 4.79 Å². The maximum Gasteiger partial charge on any atom is 0.251 e. The zero-order valence-electron chi connectivity index (χ0n) is 9.40. The molecule has 0 unspecified atom stereocenters. The number of benzene rings is 1. The van der Waals surface area contributed by atoms with Gasteiger partial charge in [-0.05, 0) is 31.5 Å². The van der Waals surface area contributed by atoms with E-state index >= 15 is 0 Å². The summed E-state index contributed by atoms with van der Waals surface area (Å²) in [4.78, 5) is 11.6. The van der Waals surface area contributed by atoms with E-state index in [-0.39, 0.29) is 12.5 Å². The molecule has 0 aromatic heterocycles. The van der Waals surface area contributed by atoms with Gasteiger partial charge in [0.2, 0.25) is 0 Å². The minimum Gasteiger partial charge on any atom is -0.494 e. The van der Waals surface area contributed by atoms with Crippen LogP contribution in [0.1, 0.15) is 23.7 Å². The summed E-state index contributed by atoms with van der Waals surface area (Å²) in [6.45, 7) is 3.04. The van der Waals surface area contributed by atoms with Crippen molar-refractivity contribution >= 4 is 5.91 Å². The van der Waals surface area contributed by atoms with Crippen LogP contribution in [-0.2, 0) is 0 Å². The molecule has 0 aliphatic rings. The molecule has 0 atom stereocenters. The lowest BCUT2D eigenvalue weighted by atomic mass is 10.2. The molecule has 1 amide bonds. The highest BCUT2D eigenvalue weighted by molar-refractivity contribution is 5.94. The van der Waals surface area contributed by atoms with Crippen molar-refractivity contribution in [3.05, 3.63) is 29.8 Å². The number of hydrogen-bond acceptors (Lipinski definition) is 3. The highest BCUT2D eigenvalue weighted by Crippen LogP contribution is 2.12. The first-order valence-corrected chi connectivity index (χ1v) is 5.40. The van der Waals surface area contributed by atoms with Crippen LogP contribution in [0, 0.1) is 0 Å². The molecule has 0 bridgehead atoms. The minimum absolute atomic E-state index is 0.0826. The van der Waals surface area contributed by atoms with Gasteiger partial charge in [-0.15, -0.1) is 0 Å². The van der Waals surface area contributed by atoms with Gasteiger partial charge in [0.15, 0.2) is 0 Å². The van der Waals surface area contributed by atoms with Gasteiger partial charge in [0.25, 0.3) is 5.91 Å². The van der Waals surface area contributed by atoms with Crippen LogP contribution in [0.3, 0.4) is 0 Å². The second kappa shape index (κ2) is 6.85. The Kier molecular flexibility index (Phi) is 5.36. The van der Waals surface area contributed by atoms with Crippen LogP contribution < -0.4 is 10.1 Å². The number of amides is 1. The number of aliphatic hydroxyl groups excluding tert-OH is 1. The molecule has 1 aromatic rings. The van der Waals surface area contributed by atoms with Gasteiger partial charge in [-0.2, -0.15) is 0 Å². The van der Waals surface area contributed by atoms with E-state index < -0.39 is 0 Å². The van der Waals surface area contributed by atoms with Crippen molar-refractivity contribution in [2.24, 2.45) is 0 Å². The number of nitrogens with one attached hydrogen (secondary N) is 1. The summed E-state index contributed by atoms with van der Waals surface area (Å²) in [6.07, 6.45) is 0.566. The highest BCUT2D eigenvalue weighted by Gasteiger charge is 2.05. The summed E-state index contributed by atoms with van der Waals surface area (Å²) in [7, 11) is 0. The normalized spacial score (nSPS) is 9.88. The number of rotatable bonds is 6. The Hall–Kier alpha value is -1.55. The van der Waals surface area contributed by atoms with Crippen molar-refractivity contribution in [1.82, 2.24) is 5.32 Å². The zero-order valence-corrected chi connectivity index (χ0v) is 9.40. The second-order valence-corrected chi connectivity index (χ2v) is 3.29. The predicted molar refractivity (Wildman–Crippen MR) is 61.6 cm³/mol. The number of aliphatic hydroxyl groups is 1. The Morgan fingerprint density at radius 3 is 3.00 bits per heavy atom. The van der Waals surface area contributed by atoms with E-state index in [1.807, 2.05) is 13.0 Å². The molecule has 1 rings (SSSR count). The van der Waals surface area contributed by atoms with E-state index in [1.165, 1.54) is 0 Å². The molecule has 0 fully saturated rings. The Bertz CT molecular complexity index is 339. The Balaban J connectivity index is 2.57. The third kappa shape index (κ3) is 3.90. The van der Waals surface area contributed by atoms with E-state index in [1.54, 1.807) is 18.2 Å². The number of carbonyl (C=O) groups is 1. The number of ether oxygens (including phenoxy) is 1. The fraction of sp³-hybridized carbons (Fsp3) is 0.417. The van der Waals surface area contributed by atoms with Crippen molar-refractivity contribution in [3.8, 4) is 5.75 Å². The lowest BCUT2D eigenvalue weighted by Crippen LogP contribution is -2.24. The van der Waals surface area contributed by atoms with E-state index in [0.29, 0.717) is 30.9 Å². The van der Waals surface area contributed by atoms with E-state index in [4.69, 9.17) is 9.84 Å². The first-order chi connectivity index (χ1) is 7.77. The van der Waals surface area contributed by atoms with Crippen LogP contribution >= 0.6 is 0 Å². The van der Waals surface area contributed by atoms with E-state index in [2.05, 4.69) is 5.32 Å². The quantitative estimate of drug-likeness (QED) is 0.712. The third-order valence-electron chi connectivity index (χ3n) is 2.03. The SMILES string of the molecule is CCOc1cccc(C(=O)NCCCO)c1. The zero-order chi connectivity index (χ0) is 11.8. The van der Waals surface area contributed by atoms with Gasteiger partial charge in [-0.1, -0.05) is 6.07 Å². The average Bonchev–Trinajstić information content (AvgIpc) is 2.30. The van der Waals surface area contributed by atoms with Crippen LogP contribution in [0.5, 0.6) is 5.75 Å². The average molecular weight is 223 g/mol. The predicted octanol–water partition coefficient (Wildman–Crippen LogP) is 1.20. The highest BCUT2D eigenvalue weighted by atomic mass is 16.5. The van der Waals surface area contributed by atoms with Crippen molar-refractivity contribution in [2.75, 3.05) is 19.8 Å². The van der Waals surface area contributed by atoms with Gasteiger partial charge in [0.1, 0.15) is 5.75 Å². The van der Waals surface area contributed by atoms with Crippen molar-refractivity contribution in [2.45, 2.75) is 13.3 Å². The van der Waals surface area contributed by atoms with Crippen molar-refractivity contribution in [1.29, 1.82) is 0 Å². The van der Waals surface area contributed by atoms with Crippen LogP contribution in [0.2, 0.25) is 0 Å². The smallest absolute Gasteiger partial charge is 0.251 e. The van der Waals surface area contributed by atoms with Gasteiger partial charge < -0.3 is 15.2 Å². The van der Waals surface area contributed by atoms with Gasteiger partial charge >= 0.3 is 0 Å². The largest absolute Gasteiger partial charge is 0.494 e. The lowest BCUT2D eigenvalue weighted by Gasteiger charge is -2.06. The van der Waals surface area contributed by atoms with Gasteiger partial charge in [-0.25, -0.2) is 0 Å². The lowest BCUT2D eigenvalue weighted by molar-refractivity contribution is 0.0950. The van der Waals surface area contributed by atoms with Crippen LogP contribution in [0.4, 0.5) is 0 Å². The molecular formula is C12H17NO3. The Morgan fingerprint density at radius 1 is 1.50 bits per heavy atom. The maximum absolute atomic E-state index is 11.6. The number of hydrogen-bond donors (Lipinski definition) is 2. The molecular weight excluding hydrogens is 206 g/mol. The molecule has 2 N–H and O–H groups in total. The van der Waals surface area contributed by atoms with Gasteiger partial charge in [-0.3, -0.25) is 4.79 Å². The van der Waals surface area contributed by atoms with Crippen LogP contribution in [0.25, 0.3) is 0 Å². The fourth-order valence-electron chi connectivity index (χ4n) is 1.28. The van der Waals surface area contributed by atoms with Crippen LogP contribution in [0.15, 0.2) is 24.3 Å². The monoisotopic (exact) mass is 223 g/mol. The molecule has 4 heteroatoms. The third-order valence-corrected chi connectivity index (χ3v) is 2.03. The second-order valence-electron chi connectivity index (χ2n) is 3.29. The molecule has 0 spiro atoms. The molecule has 0 aliphatic heterocycles. The van der Waals surface area contributed by atoms with Crippen LogP contribution in [-0.4, -0.2) is 30.8 Å². The molecule has 4 nitrogen and oxygen atoms in total. The first kappa shape index (κ1) is 12.5. The topological polar surface area (TPSA) is 58.6 Å².